The Balaban J connectivity index is 2.55. The van der Waals surface area contributed by atoms with Gasteiger partial charge in [-0.2, -0.15) is 0 Å². The van der Waals surface area contributed by atoms with Crippen molar-refractivity contribution in [3.05, 3.63) is 0 Å². The van der Waals surface area contributed by atoms with Gasteiger partial charge >= 0.3 is 23.9 Å². The molecule has 0 spiro atoms. The second-order valence-corrected chi connectivity index (χ2v) is 20.2. The molecule has 0 aromatic carbocycles. The Morgan fingerprint density at radius 1 is 0.597 bits per heavy atom. The molecule has 0 aromatic heterocycles. The molecule has 0 radical (unpaired) electrons. The first-order chi connectivity index (χ1) is 29.7. The summed E-state index contributed by atoms with van der Waals surface area (Å²) in [6.07, 6.45) is 29.5. The molecular formula is C52H98N2O8. The average molecular weight is 879 g/mol. The van der Waals surface area contributed by atoms with Gasteiger partial charge in [-0.3, -0.25) is 24.1 Å². The van der Waals surface area contributed by atoms with Gasteiger partial charge in [0.15, 0.2) is 0 Å². The predicted octanol–water partition coefficient (Wildman–Crippen LogP) is 12.6. The van der Waals surface area contributed by atoms with Gasteiger partial charge in [0.2, 0.25) is 0 Å². The van der Waals surface area contributed by atoms with Crippen molar-refractivity contribution in [2.45, 2.75) is 253 Å². The fraction of sp³-hybridized carbons (Fsp3) is 0.923. The first-order valence-electron chi connectivity index (χ1n) is 25.8. The van der Waals surface area contributed by atoms with Gasteiger partial charge < -0.3 is 23.8 Å². The zero-order chi connectivity index (χ0) is 46.1. The van der Waals surface area contributed by atoms with E-state index in [2.05, 4.69) is 25.7 Å². The number of ether oxygens (including phenoxy) is 4. The van der Waals surface area contributed by atoms with Gasteiger partial charge in [-0.1, -0.05) is 136 Å². The summed E-state index contributed by atoms with van der Waals surface area (Å²) in [6.45, 7) is 17.2. The van der Waals surface area contributed by atoms with E-state index >= 15 is 0 Å². The van der Waals surface area contributed by atoms with Crippen molar-refractivity contribution in [1.82, 2.24) is 9.80 Å². The standard InChI is InChI=1S/C52H98N2O8/c1-10-13-16-19-20-21-22-24-32-41-60-49(57)51(4,5)37-29-30-38-54-43-45(61-47(55)35-39-53(8)9)42-46(54)48(56)59-40-31-25-23-28-36-52(6,7)50(58)62-44(33-26-17-14-11-2)34-27-18-15-12-3/h44-46H,10-43H2,1-9H3/t45-,46-/m0/s1. The maximum atomic E-state index is 13.5. The zero-order valence-electron chi connectivity index (χ0n) is 41.9. The molecule has 1 fully saturated rings. The molecule has 1 heterocycles. The molecule has 1 rings (SSSR count). The summed E-state index contributed by atoms with van der Waals surface area (Å²) in [5.74, 6) is -0.724. The molecule has 0 N–H and O–H groups in total. The van der Waals surface area contributed by atoms with Crippen LogP contribution in [0.2, 0.25) is 0 Å². The normalized spacial score (nSPS) is 16.0. The molecule has 10 heteroatoms. The topological polar surface area (TPSA) is 112 Å². The summed E-state index contributed by atoms with van der Waals surface area (Å²) in [6, 6.07) is -0.468. The lowest BCUT2D eigenvalue weighted by atomic mass is 9.86. The second-order valence-electron chi connectivity index (χ2n) is 20.2. The van der Waals surface area contributed by atoms with Gasteiger partial charge in [-0.15, -0.1) is 0 Å². The van der Waals surface area contributed by atoms with E-state index in [4.69, 9.17) is 18.9 Å². The van der Waals surface area contributed by atoms with E-state index < -0.39 is 16.9 Å². The predicted molar refractivity (Wildman–Crippen MR) is 254 cm³/mol. The molecule has 2 atom stereocenters. The molecule has 0 unspecified atom stereocenters. The lowest BCUT2D eigenvalue weighted by molar-refractivity contribution is -0.161. The molecule has 0 bridgehead atoms. The number of rotatable bonds is 40. The van der Waals surface area contributed by atoms with Crippen molar-refractivity contribution in [3.8, 4) is 0 Å². The Labute approximate surface area is 381 Å². The molecule has 0 aromatic rings. The maximum Gasteiger partial charge on any atom is 0.323 e. The third-order valence-electron chi connectivity index (χ3n) is 12.8. The maximum absolute atomic E-state index is 13.5. The second kappa shape index (κ2) is 35.1. The Kier molecular flexibility index (Phi) is 32.7. The lowest BCUT2D eigenvalue weighted by Gasteiger charge is -2.27. The van der Waals surface area contributed by atoms with Crippen LogP contribution in [0.5, 0.6) is 0 Å². The number of carbonyl (C=O) groups is 4. The highest BCUT2D eigenvalue weighted by Gasteiger charge is 2.39. The third-order valence-corrected chi connectivity index (χ3v) is 12.8. The van der Waals surface area contributed by atoms with Crippen molar-refractivity contribution < 1.29 is 38.1 Å². The van der Waals surface area contributed by atoms with Gasteiger partial charge in [-0.25, -0.2) is 0 Å². The summed E-state index contributed by atoms with van der Waals surface area (Å²) < 4.78 is 23.5. The Bertz CT molecular complexity index is 1160. The zero-order valence-corrected chi connectivity index (χ0v) is 41.9. The Hall–Kier alpha value is -2.20. The van der Waals surface area contributed by atoms with Gasteiger partial charge in [-0.05, 0) is 106 Å². The minimum absolute atomic E-state index is 0.0215. The number of esters is 4. The number of carbonyl (C=O) groups excluding carboxylic acids is 4. The highest BCUT2D eigenvalue weighted by Crippen LogP contribution is 2.30. The Morgan fingerprint density at radius 3 is 1.61 bits per heavy atom. The number of nitrogens with zero attached hydrogens (tertiary/aromatic N) is 2. The van der Waals surface area contributed by atoms with Crippen molar-refractivity contribution in [2.75, 3.05) is 46.9 Å². The smallest absolute Gasteiger partial charge is 0.323 e. The first kappa shape index (κ1) is 57.8. The minimum Gasteiger partial charge on any atom is -0.465 e. The van der Waals surface area contributed by atoms with E-state index in [-0.39, 0.29) is 36.1 Å². The van der Waals surface area contributed by atoms with E-state index in [0.717, 1.165) is 83.5 Å². The molecule has 364 valence electrons. The molecule has 0 saturated carbocycles. The van der Waals surface area contributed by atoms with Gasteiger partial charge in [0.25, 0.3) is 0 Å². The van der Waals surface area contributed by atoms with Crippen molar-refractivity contribution in [3.63, 3.8) is 0 Å². The van der Waals surface area contributed by atoms with E-state index in [1.165, 1.54) is 83.5 Å². The quantitative estimate of drug-likeness (QED) is 0.0335. The van der Waals surface area contributed by atoms with Gasteiger partial charge in [0, 0.05) is 19.5 Å². The highest BCUT2D eigenvalue weighted by molar-refractivity contribution is 5.77. The Morgan fingerprint density at radius 2 is 1.06 bits per heavy atom. The first-order valence-corrected chi connectivity index (χ1v) is 25.8. The van der Waals surface area contributed by atoms with Crippen LogP contribution in [-0.4, -0.2) is 98.9 Å². The van der Waals surface area contributed by atoms with Crippen LogP contribution in [0.4, 0.5) is 0 Å². The van der Waals surface area contributed by atoms with Crippen LogP contribution in [0.1, 0.15) is 235 Å². The highest BCUT2D eigenvalue weighted by atomic mass is 16.6. The fourth-order valence-electron chi connectivity index (χ4n) is 8.32. The van der Waals surface area contributed by atoms with Gasteiger partial charge in [0.05, 0.1) is 30.5 Å². The number of unbranched alkanes of at least 4 members (excludes halogenated alkanes) is 18. The molecule has 62 heavy (non-hydrogen) atoms. The summed E-state index contributed by atoms with van der Waals surface area (Å²) in [7, 11) is 3.85. The van der Waals surface area contributed by atoms with Crippen LogP contribution in [-0.2, 0) is 38.1 Å². The van der Waals surface area contributed by atoms with Crippen LogP contribution in [0.15, 0.2) is 0 Å². The molecule has 1 aliphatic rings. The van der Waals surface area contributed by atoms with Crippen LogP contribution < -0.4 is 0 Å². The molecule has 10 nitrogen and oxygen atoms in total. The van der Waals surface area contributed by atoms with Crippen molar-refractivity contribution >= 4 is 23.9 Å². The molecule has 1 saturated heterocycles. The molecule has 1 aliphatic heterocycles. The van der Waals surface area contributed by atoms with Crippen molar-refractivity contribution in [1.29, 1.82) is 0 Å². The van der Waals surface area contributed by atoms with E-state index in [0.29, 0.717) is 52.1 Å². The van der Waals surface area contributed by atoms with Crippen LogP contribution in [0.25, 0.3) is 0 Å². The van der Waals surface area contributed by atoms with Crippen LogP contribution in [0, 0.1) is 10.8 Å². The third kappa shape index (κ3) is 27.9. The number of hydrogen-bond donors (Lipinski definition) is 0. The summed E-state index contributed by atoms with van der Waals surface area (Å²) in [4.78, 5) is 56.4. The summed E-state index contributed by atoms with van der Waals surface area (Å²) in [5, 5.41) is 0. The lowest BCUT2D eigenvalue weighted by Crippen LogP contribution is -2.38. The van der Waals surface area contributed by atoms with E-state index in [1.54, 1.807) is 0 Å². The summed E-state index contributed by atoms with van der Waals surface area (Å²) in [5.41, 5.74) is -1.10. The van der Waals surface area contributed by atoms with Gasteiger partial charge in [0.1, 0.15) is 18.2 Å². The van der Waals surface area contributed by atoms with Crippen LogP contribution in [0.3, 0.4) is 0 Å². The van der Waals surface area contributed by atoms with Crippen molar-refractivity contribution in [2.24, 2.45) is 10.8 Å². The van der Waals surface area contributed by atoms with E-state index in [9.17, 15) is 19.2 Å². The molecular weight excluding hydrogens is 781 g/mol. The number of likely N-dealkylation sites (tertiary alicyclic amines) is 1. The number of hydrogen-bond acceptors (Lipinski definition) is 10. The van der Waals surface area contributed by atoms with E-state index in [1.807, 2.05) is 46.7 Å². The molecule has 0 aliphatic carbocycles. The SMILES string of the molecule is CCCCCCCCCCCOC(=O)C(C)(C)CCCCN1C[C@@H](OC(=O)CCN(C)C)C[C@H]1C(=O)OCCCCCCC(C)(C)C(=O)OC(CCCCCC)CCCCCC. The van der Waals surface area contributed by atoms with Crippen LogP contribution >= 0.6 is 0 Å². The largest absolute Gasteiger partial charge is 0.465 e. The molecule has 0 amide bonds. The minimum atomic E-state index is -0.573. The summed E-state index contributed by atoms with van der Waals surface area (Å²) >= 11 is 0. The fourth-order valence-corrected chi connectivity index (χ4v) is 8.32. The monoisotopic (exact) mass is 879 g/mol. The average Bonchev–Trinajstić information content (AvgIpc) is 3.63.